The summed E-state index contributed by atoms with van der Waals surface area (Å²) < 4.78 is 0. The van der Waals surface area contributed by atoms with Crippen LogP contribution in [0.4, 0.5) is 0 Å². The van der Waals surface area contributed by atoms with Gasteiger partial charge in [0.25, 0.3) is 0 Å². The van der Waals surface area contributed by atoms with Gasteiger partial charge in [0.2, 0.25) is 5.82 Å². The molecule has 1 aliphatic rings. The first kappa shape index (κ1) is 13.9. The first-order valence-electron chi connectivity index (χ1n) is 7.46. The predicted octanol–water partition coefficient (Wildman–Crippen LogP) is 2.61. The average Bonchev–Trinajstić information content (AvgIpc) is 3.02. The Hall–Kier alpha value is -2.01. The summed E-state index contributed by atoms with van der Waals surface area (Å²) in [6.45, 7) is 7.37. The Balaban J connectivity index is 1.64. The molecule has 0 saturated carbocycles. The third-order valence-corrected chi connectivity index (χ3v) is 3.92. The molecule has 5 heteroatoms. The van der Waals surface area contributed by atoms with Crippen molar-refractivity contribution in [3.63, 3.8) is 0 Å². The van der Waals surface area contributed by atoms with E-state index in [4.69, 9.17) is 0 Å². The summed E-state index contributed by atoms with van der Waals surface area (Å²) >= 11 is 0. The zero-order valence-corrected chi connectivity index (χ0v) is 12.6. The maximum atomic E-state index is 4.07. The van der Waals surface area contributed by atoms with Crippen molar-refractivity contribution in [1.82, 2.24) is 25.5 Å². The van der Waals surface area contributed by atoms with E-state index in [-0.39, 0.29) is 0 Å². The number of rotatable bonds is 4. The van der Waals surface area contributed by atoms with Crippen LogP contribution in [0.25, 0.3) is 5.57 Å². The van der Waals surface area contributed by atoms with E-state index >= 15 is 0 Å². The van der Waals surface area contributed by atoms with E-state index < -0.39 is 0 Å². The molecule has 0 bridgehead atoms. The molecule has 0 spiro atoms. The van der Waals surface area contributed by atoms with E-state index in [2.05, 4.69) is 69.7 Å². The first-order chi connectivity index (χ1) is 10.2. The van der Waals surface area contributed by atoms with E-state index in [1.165, 1.54) is 11.1 Å². The number of nitrogens with zero attached hydrogens (tertiary/aromatic N) is 4. The molecule has 0 saturated heterocycles. The molecule has 2 aromatic rings. The van der Waals surface area contributed by atoms with Crippen molar-refractivity contribution in [1.29, 1.82) is 0 Å². The smallest absolute Gasteiger partial charge is 0.201 e. The van der Waals surface area contributed by atoms with E-state index in [0.29, 0.717) is 5.92 Å². The largest absolute Gasteiger partial charge is 0.294 e. The van der Waals surface area contributed by atoms with Crippen LogP contribution >= 0.6 is 0 Å². The van der Waals surface area contributed by atoms with Crippen LogP contribution in [0.1, 0.15) is 43.1 Å². The van der Waals surface area contributed by atoms with Gasteiger partial charge in [0.1, 0.15) is 0 Å². The lowest BCUT2D eigenvalue weighted by Crippen LogP contribution is -2.29. The van der Waals surface area contributed by atoms with Gasteiger partial charge in [0.05, 0.1) is 0 Å². The lowest BCUT2D eigenvalue weighted by molar-refractivity contribution is 0.296. The van der Waals surface area contributed by atoms with Gasteiger partial charge in [-0.1, -0.05) is 44.2 Å². The standard InChI is InChI=1S/C16H21N5/c1-12(2)14-7-5-13(6-8-14)10-21-9-3-4-15(11-21)16-17-19-20-18-16/h4-8,12H,3,9-11H2,1-2H3,(H,17,18,19,20). The number of nitrogens with one attached hydrogen (secondary N) is 1. The second-order valence-corrected chi connectivity index (χ2v) is 5.86. The van der Waals surface area contributed by atoms with Gasteiger partial charge in [-0.15, -0.1) is 10.2 Å². The number of hydrogen-bond acceptors (Lipinski definition) is 4. The van der Waals surface area contributed by atoms with Crippen LogP contribution in [-0.2, 0) is 6.54 Å². The van der Waals surface area contributed by atoms with Crippen molar-refractivity contribution in [3.8, 4) is 0 Å². The highest BCUT2D eigenvalue weighted by atomic mass is 15.5. The Morgan fingerprint density at radius 3 is 2.71 bits per heavy atom. The summed E-state index contributed by atoms with van der Waals surface area (Å²) in [5.41, 5.74) is 3.91. The molecule has 0 atom stereocenters. The minimum absolute atomic E-state index is 0.585. The Morgan fingerprint density at radius 1 is 1.24 bits per heavy atom. The van der Waals surface area contributed by atoms with Crippen molar-refractivity contribution >= 4 is 5.57 Å². The summed E-state index contributed by atoms with van der Waals surface area (Å²) in [5.74, 6) is 1.30. The van der Waals surface area contributed by atoms with Crippen molar-refractivity contribution in [2.45, 2.75) is 32.7 Å². The molecular weight excluding hydrogens is 262 g/mol. The molecule has 0 radical (unpaired) electrons. The van der Waals surface area contributed by atoms with E-state index in [0.717, 1.165) is 37.5 Å². The molecule has 2 heterocycles. The third-order valence-electron chi connectivity index (χ3n) is 3.92. The summed E-state index contributed by atoms with van der Waals surface area (Å²) in [6, 6.07) is 8.95. The van der Waals surface area contributed by atoms with Crippen LogP contribution in [0.2, 0.25) is 0 Å². The second kappa shape index (κ2) is 6.18. The molecule has 1 N–H and O–H groups in total. The van der Waals surface area contributed by atoms with Crippen molar-refractivity contribution in [2.75, 3.05) is 13.1 Å². The van der Waals surface area contributed by atoms with Crippen molar-refractivity contribution in [2.24, 2.45) is 0 Å². The molecule has 5 nitrogen and oxygen atoms in total. The highest BCUT2D eigenvalue weighted by molar-refractivity contribution is 5.61. The number of hydrogen-bond donors (Lipinski definition) is 1. The van der Waals surface area contributed by atoms with Crippen LogP contribution in [0, 0.1) is 0 Å². The maximum Gasteiger partial charge on any atom is 0.201 e. The van der Waals surface area contributed by atoms with Gasteiger partial charge < -0.3 is 0 Å². The minimum atomic E-state index is 0.585. The van der Waals surface area contributed by atoms with Crippen LogP contribution in [0.15, 0.2) is 30.3 Å². The number of benzene rings is 1. The zero-order valence-electron chi connectivity index (χ0n) is 12.6. The highest BCUT2D eigenvalue weighted by Gasteiger charge is 2.16. The highest BCUT2D eigenvalue weighted by Crippen LogP contribution is 2.20. The van der Waals surface area contributed by atoms with Crippen molar-refractivity contribution < 1.29 is 0 Å². The van der Waals surface area contributed by atoms with Crippen LogP contribution in [0.3, 0.4) is 0 Å². The molecular formula is C16H21N5. The van der Waals surface area contributed by atoms with Crippen LogP contribution in [-0.4, -0.2) is 38.6 Å². The SMILES string of the molecule is CC(C)c1ccc(CN2CCC=C(c3nn[nH]n3)C2)cc1. The topological polar surface area (TPSA) is 57.7 Å². The summed E-state index contributed by atoms with van der Waals surface area (Å²) in [4.78, 5) is 2.43. The number of tetrazole rings is 1. The van der Waals surface area contributed by atoms with Gasteiger partial charge in [0, 0.05) is 25.2 Å². The summed E-state index contributed by atoms with van der Waals surface area (Å²) in [5, 5.41) is 14.3. The van der Waals surface area contributed by atoms with Crippen LogP contribution < -0.4 is 0 Å². The van der Waals surface area contributed by atoms with E-state index in [1.54, 1.807) is 0 Å². The Morgan fingerprint density at radius 2 is 2.05 bits per heavy atom. The fourth-order valence-corrected chi connectivity index (χ4v) is 2.67. The van der Waals surface area contributed by atoms with Gasteiger partial charge in [-0.05, 0) is 28.7 Å². The molecule has 1 aromatic heterocycles. The first-order valence-corrected chi connectivity index (χ1v) is 7.46. The molecule has 1 aliphatic heterocycles. The van der Waals surface area contributed by atoms with Gasteiger partial charge in [-0.25, -0.2) is 0 Å². The monoisotopic (exact) mass is 283 g/mol. The van der Waals surface area contributed by atoms with Crippen LogP contribution in [0.5, 0.6) is 0 Å². The second-order valence-electron chi connectivity index (χ2n) is 5.86. The molecule has 0 amide bonds. The summed E-state index contributed by atoms with van der Waals surface area (Å²) in [6.07, 6.45) is 3.25. The van der Waals surface area contributed by atoms with Crippen molar-refractivity contribution in [3.05, 3.63) is 47.3 Å². The third kappa shape index (κ3) is 3.36. The van der Waals surface area contributed by atoms with Gasteiger partial charge >= 0.3 is 0 Å². The maximum absolute atomic E-state index is 4.07. The zero-order chi connectivity index (χ0) is 14.7. The fourth-order valence-electron chi connectivity index (χ4n) is 2.67. The molecule has 21 heavy (non-hydrogen) atoms. The molecule has 0 unspecified atom stereocenters. The predicted molar refractivity (Wildman–Crippen MR) is 82.6 cm³/mol. The number of aromatic amines is 1. The molecule has 0 aliphatic carbocycles. The Labute approximate surface area is 125 Å². The quantitative estimate of drug-likeness (QED) is 0.937. The van der Waals surface area contributed by atoms with E-state index in [9.17, 15) is 0 Å². The molecule has 110 valence electrons. The normalized spacial score (nSPS) is 16.2. The minimum Gasteiger partial charge on any atom is -0.294 e. The van der Waals surface area contributed by atoms with Gasteiger partial charge in [-0.2, -0.15) is 5.21 Å². The number of H-pyrrole nitrogens is 1. The fraction of sp³-hybridized carbons (Fsp3) is 0.438. The molecule has 0 fully saturated rings. The Bertz CT molecular complexity index is 598. The van der Waals surface area contributed by atoms with E-state index in [1.807, 2.05) is 0 Å². The van der Waals surface area contributed by atoms with Gasteiger partial charge in [-0.3, -0.25) is 4.90 Å². The average molecular weight is 283 g/mol. The molecule has 3 rings (SSSR count). The number of aromatic nitrogens is 4. The lowest BCUT2D eigenvalue weighted by Gasteiger charge is -2.26. The summed E-state index contributed by atoms with van der Waals surface area (Å²) in [7, 11) is 0. The Kier molecular flexibility index (Phi) is 4.10. The molecule has 1 aromatic carbocycles. The van der Waals surface area contributed by atoms with Gasteiger partial charge in [0.15, 0.2) is 0 Å². The lowest BCUT2D eigenvalue weighted by atomic mass is 10.0.